The van der Waals surface area contributed by atoms with Gasteiger partial charge in [-0.2, -0.15) is 9.97 Å². The lowest BCUT2D eigenvalue weighted by Crippen LogP contribution is -2.26. The van der Waals surface area contributed by atoms with Crippen LogP contribution in [0.25, 0.3) is 11.4 Å². The molecular formula is C15H14N6O. The van der Waals surface area contributed by atoms with E-state index in [1.165, 1.54) is 4.57 Å². The van der Waals surface area contributed by atoms with Crippen LogP contribution in [0, 0.1) is 0 Å². The van der Waals surface area contributed by atoms with Crippen LogP contribution in [0.4, 0.5) is 11.6 Å². The molecule has 7 nitrogen and oxygen atoms in total. The van der Waals surface area contributed by atoms with Crippen LogP contribution >= 0.6 is 0 Å². The molecule has 0 spiro atoms. The van der Waals surface area contributed by atoms with Crippen molar-refractivity contribution in [2.75, 3.05) is 10.9 Å². The number of rotatable bonds is 4. The molecule has 22 heavy (non-hydrogen) atoms. The number of nitrogens with one attached hydrogen (secondary N) is 2. The van der Waals surface area contributed by atoms with Gasteiger partial charge in [0.25, 0.3) is 0 Å². The van der Waals surface area contributed by atoms with Crippen LogP contribution in [0.15, 0.2) is 59.7 Å². The van der Waals surface area contributed by atoms with Gasteiger partial charge in [0.2, 0.25) is 5.95 Å². The number of hydrogen-bond donors (Lipinski definition) is 2. The van der Waals surface area contributed by atoms with E-state index in [0.29, 0.717) is 5.82 Å². The highest BCUT2D eigenvalue weighted by molar-refractivity contribution is 5.56. The van der Waals surface area contributed by atoms with Gasteiger partial charge >= 0.3 is 5.69 Å². The van der Waals surface area contributed by atoms with Crippen LogP contribution in [0.2, 0.25) is 0 Å². The standard InChI is InChI=1S/C15H14N6O/c1-21-13(11-5-3-2-4-6-11)17-14(18-15(21)22)20-19-12-7-9-16-10-8-12/h2-10H,1H3,(H,16,19)(H,18,20,22). The first kappa shape index (κ1) is 13.7. The fourth-order valence-corrected chi connectivity index (χ4v) is 1.92. The van der Waals surface area contributed by atoms with Gasteiger partial charge in [-0.1, -0.05) is 30.3 Å². The normalized spacial score (nSPS) is 10.2. The molecule has 0 aliphatic carbocycles. The first-order valence-electron chi connectivity index (χ1n) is 6.66. The summed E-state index contributed by atoms with van der Waals surface area (Å²) < 4.78 is 1.41. The van der Waals surface area contributed by atoms with Gasteiger partial charge in [0.05, 0.1) is 5.69 Å². The fraction of sp³-hybridized carbons (Fsp3) is 0.0667. The van der Waals surface area contributed by atoms with Crippen molar-refractivity contribution in [1.82, 2.24) is 19.5 Å². The van der Waals surface area contributed by atoms with E-state index in [1.807, 2.05) is 30.3 Å². The minimum Gasteiger partial charge on any atom is -0.298 e. The van der Waals surface area contributed by atoms with Gasteiger partial charge in [-0.15, -0.1) is 0 Å². The summed E-state index contributed by atoms with van der Waals surface area (Å²) in [5, 5.41) is 0. The number of hydrogen-bond acceptors (Lipinski definition) is 6. The van der Waals surface area contributed by atoms with Crippen molar-refractivity contribution in [2.24, 2.45) is 7.05 Å². The average Bonchev–Trinajstić information content (AvgIpc) is 2.57. The Balaban J connectivity index is 1.90. The van der Waals surface area contributed by atoms with Crippen molar-refractivity contribution in [2.45, 2.75) is 0 Å². The molecule has 110 valence electrons. The molecule has 2 N–H and O–H groups in total. The van der Waals surface area contributed by atoms with E-state index in [1.54, 1.807) is 31.6 Å². The predicted molar refractivity (Wildman–Crippen MR) is 84.2 cm³/mol. The lowest BCUT2D eigenvalue weighted by molar-refractivity contribution is 0.786. The lowest BCUT2D eigenvalue weighted by Gasteiger charge is -2.11. The zero-order valence-electron chi connectivity index (χ0n) is 11.9. The Labute approximate surface area is 126 Å². The first-order valence-corrected chi connectivity index (χ1v) is 6.66. The third kappa shape index (κ3) is 2.93. The van der Waals surface area contributed by atoms with Gasteiger partial charge in [0.15, 0.2) is 0 Å². The van der Waals surface area contributed by atoms with E-state index in [2.05, 4.69) is 25.8 Å². The van der Waals surface area contributed by atoms with Crippen molar-refractivity contribution in [3.8, 4) is 11.4 Å². The van der Waals surface area contributed by atoms with Crippen molar-refractivity contribution < 1.29 is 0 Å². The zero-order valence-corrected chi connectivity index (χ0v) is 11.9. The summed E-state index contributed by atoms with van der Waals surface area (Å²) >= 11 is 0. The number of anilines is 2. The van der Waals surface area contributed by atoms with Crippen LogP contribution in [-0.4, -0.2) is 19.5 Å². The van der Waals surface area contributed by atoms with E-state index >= 15 is 0 Å². The Hall–Kier alpha value is -3.22. The highest BCUT2D eigenvalue weighted by Crippen LogP contribution is 2.15. The van der Waals surface area contributed by atoms with Gasteiger partial charge in [-0.3, -0.25) is 20.4 Å². The molecule has 0 atom stereocenters. The summed E-state index contributed by atoms with van der Waals surface area (Å²) in [6, 6.07) is 13.0. The predicted octanol–water partition coefficient (Wildman–Crippen LogP) is 1.68. The third-order valence-corrected chi connectivity index (χ3v) is 3.05. The summed E-state index contributed by atoms with van der Waals surface area (Å²) in [5.74, 6) is 0.749. The molecule has 0 aliphatic rings. The molecule has 0 bridgehead atoms. The van der Waals surface area contributed by atoms with Gasteiger partial charge in [-0.05, 0) is 12.1 Å². The van der Waals surface area contributed by atoms with Gasteiger partial charge in [0, 0.05) is 25.0 Å². The molecule has 0 amide bonds. The second-order valence-corrected chi connectivity index (χ2v) is 4.56. The number of aromatic nitrogens is 4. The largest absolute Gasteiger partial charge is 0.352 e. The molecule has 0 radical (unpaired) electrons. The zero-order chi connectivity index (χ0) is 15.4. The molecule has 2 aromatic heterocycles. The van der Waals surface area contributed by atoms with E-state index < -0.39 is 0 Å². The van der Waals surface area contributed by atoms with Crippen LogP contribution in [0.1, 0.15) is 0 Å². The summed E-state index contributed by atoms with van der Waals surface area (Å²) in [7, 11) is 1.64. The molecule has 0 saturated heterocycles. The SMILES string of the molecule is Cn1c(-c2ccccc2)nc(NNc2ccncc2)nc1=O. The minimum absolute atomic E-state index is 0.207. The van der Waals surface area contributed by atoms with E-state index in [4.69, 9.17) is 0 Å². The van der Waals surface area contributed by atoms with Gasteiger partial charge in [-0.25, -0.2) is 4.79 Å². The lowest BCUT2D eigenvalue weighted by atomic mass is 10.2. The Morgan fingerprint density at radius 2 is 1.68 bits per heavy atom. The maximum Gasteiger partial charge on any atom is 0.352 e. The number of hydrazine groups is 1. The van der Waals surface area contributed by atoms with Gasteiger partial charge < -0.3 is 0 Å². The topological polar surface area (TPSA) is 84.7 Å². The molecule has 0 unspecified atom stereocenters. The number of benzene rings is 1. The van der Waals surface area contributed by atoms with E-state index in [-0.39, 0.29) is 11.6 Å². The molecule has 0 aliphatic heterocycles. The highest BCUT2D eigenvalue weighted by atomic mass is 16.1. The Morgan fingerprint density at radius 1 is 0.955 bits per heavy atom. The van der Waals surface area contributed by atoms with Crippen molar-refractivity contribution in [3.63, 3.8) is 0 Å². The smallest absolute Gasteiger partial charge is 0.298 e. The molecule has 2 heterocycles. The van der Waals surface area contributed by atoms with Crippen molar-refractivity contribution in [1.29, 1.82) is 0 Å². The first-order chi connectivity index (χ1) is 10.7. The maximum atomic E-state index is 12.0. The molecule has 3 rings (SSSR count). The second-order valence-electron chi connectivity index (χ2n) is 4.56. The van der Waals surface area contributed by atoms with E-state index in [0.717, 1.165) is 11.3 Å². The van der Waals surface area contributed by atoms with Crippen LogP contribution in [0.5, 0.6) is 0 Å². The summed E-state index contributed by atoms with van der Waals surface area (Å²) in [4.78, 5) is 24.2. The maximum absolute atomic E-state index is 12.0. The average molecular weight is 294 g/mol. The fourth-order valence-electron chi connectivity index (χ4n) is 1.92. The van der Waals surface area contributed by atoms with Gasteiger partial charge in [0.1, 0.15) is 5.82 Å². The summed E-state index contributed by atoms with van der Waals surface area (Å²) in [5.41, 5.74) is 7.00. The molecule has 7 heteroatoms. The Morgan fingerprint density at radius 3 is 2.41 bits per heavy atom. The molecule has 1 aromatic carbocycles. The van der Waals surface area contributed by atoms with Crippen LogP contribution < -0.4 is 16.5 Å². The third-order valence-electron chi connectivity index (χ3n) is 3.05. The van der Waals surface area contributed by atoms with Crippen molar-refractivity contribution >= 4 is 11.6 Å². The summed E-state index contributed by atoms with van der Waals surface area (Å²) in [6.45, 7) is 0. The molecule has 0 saturated carbocycles. The monoisotopic (exact) mass is 294 g/mol. The summed E-state index contributed by atoms with van der Waals surface area (Å²) in [6.07, 6.45) is 3.31. The number of pyridine rings is 1. The molecule has 0 fully saturated rings. The second kappa shape index (κ2) is 6.04. The quantitative estimate of drug-likeness (QED) is 0.712. The minimum atomic E-state index is -0.382. The number of nitrogens with zero attached hydrogens (tertiary/aromatic N) is 4. The molecule has 3 aromatic rings. The highest BCUT2D eigenvalue weighted by Gasteiger charge is 2.08. The molecular weight excluding hydrogens is 280 g/mol. The van der Waals surface area contributed by atoms with Crippen molar-refractivity contribution in [3.05, 3.63) is 65.3 Å². The van der Waals surface area contributed by atoms with Crippen LogP contribution in [0.3, 0.4) is 0 Å². The van der Waals surface area contributed by atoms with E-state index in [9.17, 15) is 4.79 Å². The van der Waals surface area contributed by atoms with Crippen LogP contribution in [-0.2, 0) is 7.05 Å². The Bertz CT molecular complexity index is 816. The Kier molecular flexibility index (Phi) is 3.78.